The highest BCUT2D eigenvalue weighted by molar-refractivity contribution is 5.38. The summed E-state index contributed by atoms with van der Waals surface area (Å²) >= 11 is 0. The van der Waals surface area contributed by atoms with Gasteiger partial charge in [0.25, 0.3) is 0 Å². The van der Waals surface area contributed by atoms with Crippen molar-refractivity contribution in [2.45, 2.75) is 32.2 Å². The van der Waals surface area contributed by atoms with E-state index < -0.39 is 0 Å². The van der Waals surface area contributed by atoms with Crippen LogP contribution in [0.2, 0.25) is 0 Å². The van der Waals surface area contributed by atoms with Crippen molar-refractivity contribution < 1.29 is 4.52 Å². The van der Waals surface area contributed by atoms with Gasteiger partial charge in [-0.2, -0.15) is 4.98 Å². The molecule has 0 unspecified atom stereocenters. The molecule has 1 N–H and O–H groups in total. The first-order chi connectivity index (χ1) is 10.3. The average Bonchev–Trinajstić information content (AvgIpc) is 2.94. The minimum atomic E-state index is 0.568. The normalized spacial score (nSPS) is 16.3. The van der Waals surface area contributed by atoms with Crippen molar-refractivity contribution in [2.75, 3.05) is 24.5 Å². The predicted molar refractivity (Wildman–Crippen MR) is 80.2 cm³/mol. The second-order valence-electron chi connectivity index (χ2n) is 5.38. The van der Waals surface area contributed by atoms with Crippen molar-refractivity contribution in [2.24, 2.45) is 0 Å². The molecule has 0 aromatic carbocycles. The number of hydrogen-bond donors (Lipinski definition) is 1. The number of nitrogens with one attached hydrogen (secondary N) is 1. The third kappa shape index (κ3) is 3.78. The van der Waals surface area contributed by atoms with Gasteiger partial charge in [-0.3, -0.25) is 0 Å². The van der Waals surface area contributed by atoms with Crippen molar-refractivity contribution in [1.82, 2.24) is 20.4 Å². The molecular formula is C15H21N5O. The summed E-state index contributed by atoms with van der Waals surface area (Å²) in [7, 11) is 0. The second-order valence-corrected chi connectivity index (χ2v) is 5.38. The molecule has 1 aliphatic heterocycles. The van der Waals surface area contributed by atoms with Crippen LogP contribution in [0, 0.1) is 6.92 Å². The Balaban J connectivity index is 1.40. The zero-order chi connectivity index (χ0) is 14.5. The van der Waals surface area contributed by atoms with E-state index in [2.05, 4.69) is 31.4 Å². The standard InChI is InChI=1S/C15H21N5O/c1-12-18-14(19-21-12)5-9-16-13-6-10-20(11-7-13)15-4-2-3-8-17-15/h2-4,8,13,16H,5-7,9-11H2,1H3. The summed E-state index contributed by atoms with van der Waals surface area (Å²) in [6.07, 6.45) is 4.95. The zero-order valence-corrected chi connectivity index (χ0v) is 12.3. The lowest BCUT2D eigenvalue weighted by Crippen LogP contribution is -2.43. The van der Waals surface area contributed by atoms with E-state index in [0.29, 0.717) is 11.9 Å². The van der Waals surface area contributed by atoms with Gasteiger partial charge in [0.15, 0.2) is 5.82 Å². The van der Waals surface area contributed by atoms with Crippen LogP contribution in [0.25, 0.3) is 0 Å². The van der Waals surface area contributed by atoms with Gasteiger partial charge >= 0.3 is 0 Å². The Morgan fingerprint density at radius 1 is 1.33 bits per heavy atom. The second kappa shape index (κ2) is 6.67. The van der Waals surface area contributed by atoms with Gasteiger partial charge in [-0.05, 0) is 25.0 Å². The van der Waals surface area contributed by atoms with E-state index in [0.717, 1.165) is 50.5 Å². The largest absolute Gasteiger partial charge is 0.357 e. The number of anilines is 1. The maximum absolute atomic E-state index is 4.97. The molecule has 0 spiro atoms. The SMILES string of the molecule is Cc1nc(CCNC2CCN(c3ccccn3)CC2)no1. The van der Waals surface area contributed by atoms with Crippen LogP contribution in [0.3, 0.4) is 0 Å². The lowest BCUT2D eigenvalue weighted by atomic mass is 10.0. The summed E-state index contributed by atoms with van der Waals surface area (Å²) in [5.74, 6) is 2.50. The number of aromatic nitrogens is 3. The van der Waals surface area contributed by atoms with Gasteiger partial charge in [-0.25, -0.2) is 4.98 Å². The summed E-state index contributed by atoms with van der Waals surface area (Å²) in [6.45, 7) is 4.82. The molecule has 6 nitrogen and oxygen atoms in total. The Bertz CT molecular complexity index is 548. The lowest BCUT2D eigenvalue weighted by molar-refractivity contribution is 0.383. The van der Waals surface area contributed by atoms with E-state index in [1.807, 2.05) is 25.3 Å². The molecule has 1 fully saturated rings. The van der Waals surface area contributed by atoms with Crippen LogP contribution < -0.4 is 10.2 Å². The molecular weight excluding hydrogens is 266 g/mol. The highest BCUT2D eigenvalue weighted by atomic mass is 16.5. The van der Waals surface area contributed by atoms with E-state index in [1.54, 1.807) is 0 Å². The molecule has 0 aliphatic carbocycles. The van der Waals surface area contributed by atoms with E-state index in [4.69, 9.17) is 4.52 Å². The van der Waals surface area contributed by atoms with Crippen LogP contribution >= 0.6 is 0 Å². The number of hydrogen-bond acceptors (Lipinski definition) is 6. The summed E-state index contributed by atoms with van der Waals surface area (Å²) in [6, 6.07) is 6.64. The van der Waals surface area contributed by atoms with Crippen LogP contribution in [0.4, 0.5) is 5.82 Å². The molecule has 0 atom stereocenters. The molecule has 3 rings (SSSR count). The van der Waals surface area contributed by atoms with Crippen LogP contribution in [-0.2, 0) is 6.42 Å². The van der Waals surface area contributed by atoms with Crippen molar-refractivity contribution in [3.63, 3.8) is 0 Å². The zero-order valence-electron chi connectivity index (χ0n) is 12.3. The first kappa shape index (κ1) is 14.0. The number of rotatable bonds is 5. The van der Waals surface area contributed by atoms with E-state index in [9.17, 15) is 0 Å². The molecule has 112 valence electrons. The molecule has 1 aliphatic rings. The van der Waals surface area contributed by atoms with Gasteiger partial charge in [-0.15, -0.1) is 0 Å². The number of pyridine rings is 1. The first-order valence-electron chi connectivity index (χ1n) is 7.50. The number of nitrogens with zero attached hydrogens (tertiary/aromatic N) is 4. The Labute approximate surface area is 124 Å². The summed E-state index contributed by atoms with van der Waals surface area (Å²) in [5, 5.41) is 7.49. The Hall–Kier alpha value is -1.95. The molecule has 6 heteroatoms. The molecule has 0 amide bonds. The van der Waals surface area contributed by atoms with Crippen LogP contribution in [0.15, 0.2) is 28.9 Å². The van der Waals surface area contributed by atoms with Crippen LogP contribution in [0.1, 0.15) is 24.6 Å². The highest BCUT2D eigenvalue weighted by Crippen LogP contribution is 2.17. The van der Waals surface area contributed by atoms with Crippen molar-refractivity contribution >= 4 is 5.82 Å². The maximum atomic E-state index is 4.97. The van der Waals surface area contributed by atoms with Gasteiger partial charge < -0.3 is 14.7 Å². The minimum absolute atomic E-state index is 0.568. The first-order valence-corrected chi connectivity index (χ1v) is 7.50. The number of piperidine rings is 1. The number of aryl methyl sites for hydroxylation is 1. The van der Waals surface area contributed by atoms with Crippen LogP contribution in [-0.4, -0.2) is 40.8 Å². The van der Waals surface area contributed by atoms with Crippen molar-refractivity contribution in [1.29, 1.82) is 0 Å². The third-order valence-corrected chi connectivity index (χ3v) is 3.82. The Morgan fingerprint density at radius 3 is 2.86 bits per heavy atom. The van der Waals surface area contributed by atoms with Crippen molar-refractivity contribution in [3.8, 4) is 0 Å². The molecule has 2 aromatic heterocycles. The molecule has 1 saturated heterocycles. The minimum Gasteiger partial charge on any atom is -0.357 e. The Morgan fingerprint density at radius 2 is 2.19 bits per heavy atom. The van der Waals surface area contributed by atoms with Gasteiger partial charge in [0.1, 0.15) is 5.82 Å². The molecule has 2 aromatic rings. The fourth-order valence-corrected chi connectivity index (χ4v) is 2.68. The van der Waals surface area contributed by atoms with E-state index >= 15 is 0 Å². The van der Waals surface area contributed by atoms with Gasteiger partial charge in [-0.1, -0.05) is 11.2 Å². The molecule has 21 heavy (non-hydrogen) atoms. The molecule has 0 bridgehead atoms. The molecule has 0 saturated carbocycles. The molecule has 3 heterocycles. The summed E-state index contributed by atoms with van der Waals surface area (Å²) in [5.41, 5.74) is 0. The Kier molecular flexibility index (Phi) is 4.45. The monoisotopic (exact) mass is 287 g/mol. The predicted octanol–water partition coefficient (Wildman–Crippen LogP) is 1.57. The fourth-order valence-electron chi connectivity index (χ4n) is 2.68. The lowest BCUT2D eigenvalue weighted by Gasteiger charge is -2.33. The highest BCUT2D eigenvalue weighted by Gasteiger charge is 2.19. The van der Waals surface area contributed by atoms with E-state index in [1.165, 1.54) is 0 Å². The van der Waals surface area contributed by atoms with E-state index in [-0.39, 0.29) is 0 Å². The summed E-state index contributed by atoms with van der Waals surface area (Å²) in [4.78, 5) is 11.0. The fraction of sp³-hybridized carbons (Fsp3) is 0.533. The quantitative estimate of drug-likeness (QED) is 0.900. The van der Waals surface area contributed by atoms with Gasteiger partial charge in [0, 0.05) is 45.2 Å². The van der Waals surface area contributed by atoms with Gasteiger partial charge in [0.05, 0.1) is 0 Å². The van der Waals surface area contributed by atoms with Crippen LogP contribution in [0.5, 0.6) is 0 Å². The maximum Gasteiger partial charge on any atom is 0.223 e. The smallest absolute Gasteiger partial charge is 0.223 e. The summed E-state index contributed by atoms with van der Waals surface area (Å²) < 4.78 is 4.97. The topological polar surface area (TPSA) is 67.1 Å². The van der Waals surface area contributed by atoms with Crippen molar-refractivity contribution in [3.05, 3.63) is 36.1 Å². The molecule has 0 radical (unpaired) electrons. The van der Waals surface area contributed by atoms with Gasteiger partial charge in [0.2, 0.25) is 5.89 Å². The third-order valence-electron chi connectivity index (χ3n) is 3.82. The average molecular weight is 287 g/mol.